The molecule has 0 radical (unpaired) electrons. The maximum Gasteiger partial charge on any atom is 0.337 e. The Morgan fingerprint density at radius 2 is 1.30 bits per heavy atom. The molecule has 3 saturated carbocycles. The van der Waals surface area contributed by atoms with E-state index in [9.17, 15) is 60.7 Å². The van der Waals surface area contributed by atoms with Gasteiger partial charge in [0.15, 0.2) is 37.6 Å². The fraction of sp³-hybridized carbons (Fsp3) is 0.913. The zero-order valence-electron chi connectivity index (χ0n) is 39.0. The second-order valence-electron chi connectivity index (χ2n) is 22.4. The number of carbonyl (C=O) groups is 2. The highest BCUT2D eigenvalue weighted by molar-refractivity contribution is 5.87. The van der Waals surface area contributed by atoms with E-state index in [0.29, 0.717) is 32.3 Å². The monoisotopic (exact) mass is 944 g/mol. The van der Waals surface area contributed by atoms with Gasteiger partial charge in [-0.25, -0.2) is 4.79 Å². The van der Waals surface area contributed by atoms with Gasteiger partial charge in [0.05, 0.1) is 37.4 Å². The van der Waals surface area contributed by atoms with Gasteiger partial charge in [0.25, 0.3) is 0 Å². The summed E-state index contributed by atoms with van der Waals surface area (Å²) in [7, 11) is 1.06. The minimum absolute atomic E-state index is 0.0513. The van der Waals surface area contributed by atoms with Crippen molar-refractivity contribution in [3.8, 4) is 0 Å². The normalized spacial score (nSPS) is 54.8. The van der Waals surface area contributed by atoms with Crippen molar-refractivity contribution in [3.63, 3.8) is 0 Å². The SMILES string of the molecule is COC(=O)C1OC(OC2CCC3(C)C(CCC4(C)C3CC=C3C5CC(C)(C)CC(=O)C5(C)COC34C)C2(C)CO)C(OC2OC(O)C(O)C(O)C2OC2OC(O)C(O)C(O)C2O)C(O)C1O. The van der Waals surface area contributed by atoms with Gasteiger partial charge in [-0.15, -0.1) is 0 Å². The molecule has 0 aromatic rings. The summed E-state index contributed by atoms with van der Waals surface area (Å²) >= 11 is 0. The van der Waals surface area contributed by atoms with Gasteiger partial charge in [0, 0.05) is 17.3 Å². The minimum Gasteiger partial charge on any atom is -0.467 e. The van der Waals surface area contributed by atoms with Crippen LogP contribution in [0.5, 0.6) is 0 Å². The van der Waals surface area contributed by atoms with E-state index in [0.717, 1.165) is 26.4 Å². The predicted molar refractivity (Wildman–Crippen MR) is 223 cm³/mol. The number of ketones is 1. The first kappa shape index (κ1) is 50.6. The van der Waals surface area contributed by atoms with Crippen molar-refractivity contribution in [2.24, 2.45) is 44.8 Å². The molecule has 4 aliphatic carbocycles. The molecule has 20 nitrogen and oxygen atoms in total. The summed E-state index contributed by atoms with van der Waals surface area (Å²) < 4.78 is 47.0. The molecule has 4 heterocycles. The fourth-order valence-electron chi connectivity index (χ4n) is 13.9. The molecule has 376 valence electrons. The van der Waals surface area contributed by atoms with Crippen LogP contribution in [0.4, 0.5) is 0 Å². The van der Waals surface area contributed by atoms with Gasteiger partial charge in [-0.05, 0) is 86.5 Å². The molecule has 0 aromatic carbocycles. The molecule has 66 heavy (non-hydrogen) atoms. The molecule has 24 unspecified atom stereocenters. The van der Waals surface area contributed by atoms with Crippen LogP contribution in [0, 0.1) is 44.8 Å². The number of hydrogen-bond donors (Lipinski definition) is 10. The fourth-order valence-corrected chi connectivity index (χ4v) is 13.9. The first-order valence-electron chi connectivity index (χ1n) is 23.3. The van der Waals surface area contributed by atoms with Crippen LogP contribution < -0.4 is 0 Å². The largest absolute Gasteiger partial charge is 0.467 e. The Balaban J connectivity index is 1.08. The van der Waals surface area contributed by atoms with E-state index in [-0.39, 0.29) is 46.4 Å². The minimum atomic E-state index is -2.13. The molecule has 0 amide bonds. The number of aliphatic hydroxyl groups excluding tert-OH is 10. The summed E-state index contributed by atoms with van der Waals surface area (Å²) in [5, 5.41) is 108. The molecule has 0 aromatic heterocycles. The molecular formula is C46H72O20. The van der Waals surface area contributed by atoms with Gasteiger partial charge < -0.3 is 89.0 Å². The molecule has 4 saturated heterocycles. The first-order valence-corrected chi connectivity index (χ1v) is 23.3. The smallest absolute Gasteiger partial charge is 0.337 e. The molecule has 10 N–H and O–H groups in total. The summed E-state index contributed by atoms with van der Waals surface area (Å²) in [6, 6.07) is 0. The van der Waals surface area contributed by atoms with Crippen molar-refractivity contribution in [2.45, 2.75) is 198 Å². The van der Waals surface area contributed by atoms with Gasteiger partial charge in [0.2, 0.25) is 0 Å². The third-order valence-electron chi connectivity index (χ3n) is 18.1. The van der Waals surface area contributed by atoms with Crippen molar-refractivity contribution in [1.82, 2.24) is 0 Å². The number of ether oxygens (including phenoxy) is 8. The number of esters is 1. The highest BCUT2D eigenvalue weighted by Crippen LogP contribution is 2.72. The van der Waals surface area contributed by atoms with Crippen LogP contribution in [0.25, 0.3) is 0 Å². The molecule has 4 aliphatic heterocycles. The Kier molecular flexibility index (Phi) is 13.4. The lowest BCUT2D eigenvalue weighted by Gasteiger charge is -2.70. The molecule has 20 heteroatoms. The summed E-state index contributed by atoms with van der Waals surface area (Å²) in [4.78, 5) is 26.7. The van der Waals surface area contributed by atoms with Crippen LogP contribution in [-0.2, 0) is 47.5 Å². The Morgan fingerprint density at radius 1 is 0.712 bits per heavy atom. The number of allylic oxidation sites excluding steroid dienone is 1. The zero-order valence-corrected chi connectivity index (χ0v) is 39.0. The van der Waals surface area contributed by atoms with Gasteiger partial charge in [0.1, 0.15) is 60.7 Å². The number of hydrogen-bond acceptors (Lipinski definition) is 20. The second-order valence-corrected chi connectivity index (χ2v) is 22.4. The summed E-state index contributed by atoms with van der Waals surface area (Å²) in [5.41, 5.74) is -1.87. The topological polar surface area (TPSA) is 310 Å². The Bertz CT molecular complexity index is 1870. The van der Waals surface area contributed by atoms with Crippen LogP contribution in [-0.4, -0.2) is 187 Å². The van der Waals surface area contributed by atoms with Crippen LogP contribution in [0.2, 0.25) is 0 Å². The summed E-state index contributed by atoms with van der Waals surface area (Å²) in [6.45, 7) is 15.1. The van der Waals surface area contributed by atoms with Gasteiger partial charge in [-0.2, -0.15) is 0 Å². The van der Waals surface area contributed by atoms with Crippen LogP contribution in [0.1, 0.15) is 93.4 Å². The number of methoxy groups -OCH3 is 1. The molecular weight excluding hydrogens is 872 g/mol. The zero-order chi connectivity index (χ0) is 48.4. The van der Waals surface area contributed by atoms with Crippen molar-refractivity contribution >= 4 is 11.8 Å². The van der Waals surface area contributed by atoms with E-state index in [1.54, 1.807) is 0 Å². The highest BCUT2D eigenvalue weighted by atomic mass is 16.8. The lowest BCUT2D eigenvalue weighted by atomic mass is 9.37. The van der Waals surface area contributed by atoms with Crippen molar-refractivity contribution < 1.29 is 98.5 Å². The average molecular weight is 945 g/mol. The van der Waals surface area contributed by atoms with E-state index in [2.05, 4.69) is 47.6 Å². The Hall–Kier alpha value is -1.80. The number of aliphatic hydroxyl groups is 10. The number of carbonyl (C=O) groups excluding carboxylic acids is 2. The molecule has 8 aliphatic rings. The maximum atomic E-state index is 13.7. The lowest BCUT2D eigenvalue weighted by Crippen LogP contribution is -2.70. The van der Waals surface area contributed by atoms with E-state index >= 15 is 0 Å². The van der Waals surface area contributed by atoms with Gasteiger partial charge >= 0.3 is 5.97 Å². The van der Waals surface area contributed by atoms with E-state index < -0.39 is 121 Å². The third kappa shape index (κ3) is 7.68. The molecule has 0 spiro atoms. The lowest BCUT2D eigenvalue weighted by molar-refractivity contribution is -0.417. The average Bonchev–Trinajstić information content (AvgIpc) is 3.26. The quantitative estimate of drug-likeness (QED) is 0.0783. The first-order chi connectivity index (χ1) is 30.7. The van der Waals surface area contributed by atoms with Gasteiger partial charge in [-0.1, -0.05) is 40.7 Å². The molecule has 8 rings (SSSR count). The van der Waals surface area contributed by atoms with Crippen LogP contribution in [0.15, 0.2) is 11.6 Å². The summed E-state index contributed by atoms with van der Waals surface area (Å²) in [5.74, 6) is -0.823. The van der Waals surface area contributed by atoms with Crippen molar-refractivity contribution in [1.29, 1.82) is 0 Å². The van der Waals surface area contributed by atoms with E-state index in [4.69, 9.17) is 37.9 Å². The number of rotatable bonds is 8. The maximum absolute atomic E-state index is 13.7. The third-order valence-corrected chi connectivity index (χ3v) is 18.1. The van der Waals surface area contributed by atoms with E-state index in [1.165, 1.54) is 5.57 Å². The van der Waals surface area contributed by atoms with Crippen molar-refractivity contribution in [2.75, 3.05) is 20.3 Å². The van der Waals surface area contributed by atoms with Crippen LogP contribution >= 0.6 is 0 Å². The van der Waals surface area contributed by atoms with Crippen LogP contribution in [0.3, 0.4) is 0 Å². The van der Waals surface area contributed by atoms with Gasteiger partial charge in [-0.3, -0.25) is 4.79 Å². The Morgan fingerprint density at radius 3 is 1.94 bits per heavy atom. The predicted octanol–water partition coefficient (Wildman–Crippen LogP) is -1.12. The Labute approximate surface area is 384 Å². The molecule has 0 bridgehead atoms. The van der Waals surface area contributed by atoms with Crippen molar-refractivity contribution in [3.05, 3.63) is 11.6 Å². The molecule has 7 fully saturated rings. The van der Waals surface area contributed by atoms with E-state index in [1.807, 2.05) is 6.92 Å². The summed E-state index contributed by atoms with van der Waals surface area (Å²) in [6.07, 6.45) is -23.6. The number of fused-ring (bicyclic) bond motifs is 7. The standard InChI is InChI=1S/C46H72O20/c1-41(2)15-20-19-9-10-22-42(3)13-12-24(43(4,17-47)21(42)11-14-45(22,6)46(19,7)60-18-44(20,5)23(48)16-41)61-39-33(27(51)26(50)32(62-39)37(58)59-8)64-40-34(28(52)30(54)36(57)66-40)63-38-31(55)25(49)29(53)35(56)65-38/h9,20-22,24-36,38-40,47,49-57H,10-18H2,1-8H3. The second kappa shape index (κ2) is 17.5. The number of Topliss-reactive ketones (excluding diaryl/α,β-unsaturated/α-hetero) is 1. The molecule has 24 atom stereocenters. The highest BCUT2D eigenvalue weighted by Gasteiger charge is 2.71.